The van der Waals surface area contributed by atoms with Gasteiger partial charge >= 0.3 is 0 Å². The SMILES string of the molecule is CC(=O)SCCC=Cc1ccc(C)cc1C=O. The van der Waals surface area contributed by atoms with E-state index >= 15 is 0 Å². The quantitative estimate of drug-likeness (QED) is 0.591. The van der Waals surface area contributed by atoms with Crippen LogP contribution in [0.1, 0.15) is 34.8 Å². The van der Waals surface area contributed by atoms with Crippen molar-refractivity contribution in [2.24, 2.45) is 0 Å². The molecule has 0 atom stereocenters. The summed E-state index contributed by atoms with van der Waals surface area (Å²) in [7, 11) is 0. The Bertz CT molecular complexity index is 436. The van der Waals surface area contributed by atoms with Crippen molar-refractivity contribution >= 4 is 29.2 Å². The van der Waals surface area contributed by atoms with E-state index in [-0.39, 0.29) is 5.12 Å². The summed E-state index contributed by atoms with van der Waals surface area (Å²) in [6.45, 7) is 3.53. The first kappa shape index (κ1) is 13.7. The van der Waals surface area contributed by atoms with Crippen molar-refractivity contribution in [2.45, 2.75) is 20.3 Å². The Labute approximate surface area is 106 Å². The van der Waals surface area contributed by atoms with Gasteiger partial charge in [0.25, 0.3) is 0 Å². The molecule has 0 spiro atoms. The molecule has 0 aromatic heterocycles. The van der Waals surface area contributed by atoms with Crippen LogP contribution in [0.15, 0.2) is 24.3 Å². The topological polar surface area (TPSA) is 34.1 Å². The molecule has 0 bridgehead atoms. The molecule has 0 aliphatic heterocycles. The monoisotopic (exact) mass is 248 g/mol. The Morgan fingerprint density at radius 2 is 2.12 bits per heavy atom. The molecule has 1 aromatic rings. The van der Waals surface area contributed by atoms with Crippen LogP contribution in [-0.2, 0) is 4.79 Å². The van der Waals surface area contributed by atoms with Crippen LogP contribution < -0.4 is 0 Å². The number of rotatable bonds is 5. The zero-order valence-electron chi connectivity index (χ0n) is 10.1. The third kappa shape index (κ3) is 5.00. The third-order valence-electron chi connectivity index (χ3n) is 2.26. The number of aryl methyl sites for hydroxylation is 1. The Balaban J connectivity index is 2.58. The summed E-state index contributed by atoms with van der Waals surface area (Å²) in [5, 5.41) is 0.141. The third-order valence-corrected chi connectivity index (χ3v) is 3.10. The van der Waals surface area contributed by atoms with E-state index in [9.17, 15) is 9.59 Å². The van der Waals surface area contributed by atoms with Crippen molar-refractivity contribution in [1.29, 1.82) is 0 Å². The summed E-state index contributed by atoms with van der Waals surface area (Å²) >= 11 is 1.32. The number of carbonyl (C=O) groups is 2. The predicted molar refractivity (Wildman–Crippen MR) is 73.4 cm³/mol. The van der Waals surface area contributed by atoms with Gasteiger partial charge in [0.1, 0.15) is 0 Å². The van der Waals surface area contributed by atoms with E-state index in [2.05, 4.69) is 0 Å². The predicted octanol–water partition coefficient (Wildman–Crippen LogP) is 3.49. The number of thioether (sulfide) groups is 1. The second-order valence-corrected chi connectivity index (χ2v) is 5.05. The molecule has 0 unspecified atom stereocenters. The molecule has 1 aromatic carbocycles. The molecular formula is C14H16O2S. The molecule has 2 nitrogen and oxygen atoms in total. The average molecular weight is 248 g/mol. The Morgan fingerprint density at radius 3 is 2.76 bits per heavy atom. The van der Waals surface area contributed by atoms with Crippen LogP contribution in [0.25, 0.3) is 6.08 Å². The first-order valence-corrected chi connectivity index (χ1v) is 6.48. The number of benzene rings is 1. The number of aldehydes is 1. The molecule has 90 valence electrons. The summed E-state index contributed by atoms with van der Waals surface area (Å²) in [4.78, 5) is 21.6. The van der Waals surface area contributed by atoms with E-state index in [1.165, 1.54) is 11.8 Å². The Morgan fingerprint density at radius 1 is 1.35 bits per heavy atom. The summed E-state index contributed by atoms with van der Waals surface area (Å²) in [6.07, 6.45) is 5.63. The highest BCUT2D eigenvalue weighted by atomic mass is 32.2. The van der Waals surface area contributed by atoms with Crippen LogP contribution in [0.2, 0.25) is 0 Å². The van der Waals surface area contributed by atoms with E-state index < -0.39 is 0 Å². The molecule has 17 heavy (non-hydrogen) atoms. The van der Waals surface area contributed by atoms with Crippen molar-refractivity contribution < 1.29 is 9.59 Å². The lowest BCUT2D eigenvalue weighted by Gasteiger charge is -2.00. The highest BCUT2D eigenvalue weighted by Gasteiger charge is 1.98. The van der Waals surface area contributed by atoms with Crippen LogP contribution in [-0.4, -0.2) is 17.2 Å². The highest BCUT2D eigenvalue weighted by molar-refractivity contribution is 8.13. The van der Waals surface area contributed by atoms with Gasteiger partial charge in [0.15, 0.2) is 11.4 Å². The van der Waals surface area contributed by atoms with Crippen molar-refractivity contribution in [3.63, 3.8) is 0 Å². The zero-order chi connectivity index (χ0) is 12.7. The fourth-order valence-electron chi connectivity index (χ4n) is 1.43. The molecule has 0 amide bonds. The van der Waals surface area contributed by atoms with E-state index in [0.717, 1.165) is 29.6 Å². The summed E-state index contributed by atoms with van der Waals surface area (Å²) < 4.78 is 0. The van der Waals surface area contributed by atoms with Crippen LogP contribution in [0.3, 0.4) is 0 Å². The van der Waals surface area contributed by atoms with Gasteiger partial charge in [-0.15, -0.1) is 0 Å². The summed E-state index contributed by atoms with van der Waals surface area (Å²) in [5.41, 5.74) is 2.72. The maximum atomic E-state index is 10.9. The minimum Gasteiger partial charge on any atom is -0.298 e. The first-order chi connectivity index (χ1) is 8.13. The minimum atomic E-state index is 0.141. The molecule has 0 aliphatic rings. The number of hydrogen-bond donors (Lipinski definition) is 0. The lowest BCUT2D eigenvalue weighted by molar-refractivity contribution is -0.109. The van der Waals surface area contributed by atoms with E-state index in [0.29, 0.717) is 5.56 Å². The maximum Gasteiger partial charge on any atom is 0.185 e. The van der Waals surface area contributed by atoms with Gasteiger partial charge in [-0.2, -0.15) is 0 Å². The average Bonchev–Trinajstić information content (AvgIpc) is 2.29. The fraction of sp³-hybridized carbons (Fsp3) is 0.286. The van der Waals surface area contributed by atoms with Gasteiger partial charge in [0.05, 0.1) is 0 Å². The van der Waals surface area contributed by atoms with Gasteiger partial charge in [-0.25, -0.2) is 0 Å². The summed E-state index contributed by atoms with van der Waals surface area (Å²) in [6, 6.07) is 5.79. The van der Waals surface area contributed by atoms with Crippen LogP contribution in [0.5, 0.6) is 0 Å². The Hall–Kier alpha value is -1.35. The zero-order valence-corrected chi connectivity index (χ0v) is 10.9. The molecule has 0 aliphatic carbocycles. The van der Waals surface area contributed by atoms with Gasteiger partial charge in [-0.3, -0.25) is 9.59 Å². The molecule has 0 N–H and O–H groups in total. The largest absolute Gasteiger partial charge is 0.298 e. The minimum absolute atomic E-state index is 0.141. The van der Waals surface area contributed by atoms with E-state index in [4.69, 9.17) is 0 Å². The van der Waals surface area contributed by atoms with Gasteiger partial charge in [0, 0.05) is 18.2 Å². The normalized spacial score (nSPS) is 10.7. The van der Waals surface area contributed by atoms with Gasteiger partial charge in [-0.05, 0) is 25.0 Å². The molecule has 0 saturated heterocycles. The molecule has 1 rings (SSSR count). The van der Waals surface area contributed by atoms with Crippen LogP contribution in [0.4, 0.5) is 0 Å². The number of allylic oxidation sites excluding steroid dienone is 1. The number of hydrogen-bond acceptors (Lipinski definition) is 3. The lowest BCUT2D eigenvalue weighted by atomic mass is 10.0. The van der Waals surface area contributed by atoms with Gasteiger partial charge < -0.3 is 0 Å². The first-order valence-electron chi connectivity index (χ1n) is 5.49. The molecule has 0 fully saturated rings. The molecule has 0 radical (unpaired) electrons. The molecule has 0 heterocycles. The second kappa shape index (κ2) is 7.07. The van der Waals surface area contributed by atoms with Gasteiger partial charge in [-0.1, -0.05) is 41.6 Å². The molecular weight excluding hydrogens is 232 g/mol. The highest BCUT2D eigenvalue weighted by Crippen LogP contribution is 2.12. The van der Waals surface area contributed by atoms with Crippen molar-refractivity contribution in [3.8, 4) is 0 Å². The van der Waals surface area contributed by atoms with E-state index in [1.807, 2.05) is 37.3 Å². The van der Waals surface area contributed by atoms with E-state index in [1.54, 1.807) is 6.92 Å². The lowest BCUT2D eigenvalue weighted by Crippen LogP contribution is -1.87. The van der Waals surface area contributed by atoms with Crippen molar-refractivity contribution in [2.75, 3.05) is 5.75 Å². The fourth-order valence-corrected chi connectivity index (χ4v) is 1.97. The second-order valence-electron chi connectivity index (χ2n) is 3.78. The molecule has 0 saturated carbocycles. The summed E-state index contributed by atoms with van der Waals surface area (Å²) in [5.74, 6) is 0.786. The number of carbonyl (C=O) groups excluding carboxylic acids is 2. The Kier molecular flexibility index (Phi) is 5.70. The van der Waals surface area contributed by atoms with Crippen LogP contribution >= 0.6 is 11.8 Å². The van der Waals surface area contributed by atoms with Crippen molar-refractivity contribution in [1.82, 2.24) is 0 Å². The molecule has 3 heteroatoms. The standard InChI is InChI=1S/C14H16O2S/c1-11-6-7-13(14(9-11)10-15)5-3-4-8-17-12(2)16/h3,5-7,9-10H,4,8H2,1-2H3. The van der Waals surface area contributed by atoms with Crippen molar-refractivity contribution in [3.05, 3.63) is 41.0 Å². The maximum absolute atomic E-state index is 10.9. The van der Waals surface area contributed by atoms with Gasteiger partial charge in [0.2, 0.25) is 0 Å². The smallest absolute Gasteiger partial charge is 0.185 e. The van der Waals surface area contributed by atoms with Crippen LogP contribution in [0, 0.1) is 6.92 Å².